The molecule has 2 rings (SSSR count). The first-order valence-corrected chi connectivity index (χ1v) is 9.74. The van der Waals surface area contributed by atoms with E-state index in [0.717, 1.165) is 63.0 Å². The predicted molar refractivity (Wildman–Crippen MR) is 107 cm³/mol. The van der Waals surface area contributed by atoms with E-state index in [1.165, 1.54) is 0 Å². The normalized spacial score (nSPS) is 14.9. The molecule has 1 heterocycles. The van der Waals surface area contributed by atoms with Gasteiger partial charge in [-0.25, -0.2) is 4.99 Å². The summed E-state index contributed by atoms with van der Waals surface area (Å²) in [6.45, 7) is 9.86. The van der Waals surface area contributed by atoms with Crippen LogP contribution in [0.4, 0.5) is 0 Å². The molecule has 26 heavy (non-hydrogen) atoms. The third kappa shape index (κ3) is 7.22. The van der Waals surface area contributed by atoms with E-state index in [4.69, 9.17) is 9.47 Å². The maximum atomic E-state index is 5.96. The van der Waals surface area contributed by atoms with Crippen molar-refractivity contribution in [2.45, 2.75) is 39.3 Å². The fourth-order valence-electron chi connectivity index (χ4n) is 3.03. The summed E-state index contributed by atoms with van der Waals surface area (Å²) in [6, 6.07) is 8.82. The number of aliphatic imine (C=N–C) groups is 1. The van der Waals surface area contributed by atoms with Crippen molar-refractivity contribution in [3.05, 3.63) is 29.8 Å². The molecule has 0 amide bonds. The molecule has 1 fully saturated rings. The first-order valence-electron chi connectivity index (χ1n) is 9.74. The van der Waals surface area contributed by atoms with Crippen LogP contribution < -0.4 is 15.4 Å². The fraction of sp³-hybridized carbons (Fsp3) is 0.650. The molecule has 0 unspecified atom stereocenters. The molecule has 1 aromatic rings. The average molecular weight is 363 g/mol. The molecular weight excluding hydrogens is 328 g/mol. The topological polar surface area (TPSA) is 58.1 Å². The number of nitrogens with one attached hydrogen (secondary N) is 2. The van der Waals surface area contributed by atoms with Gasteiger partial charge in [-0.3, -0.25) is 4.90 Å². The van der Waals surface area contributed by atoms with Crippen molar-refractivity contribution in [2.75, 3.05) is 46.5 Å². The summed E-state index contributed by atoms with van der Waals surface area (Å²) in [5, 5.41) is 6.48. The van der Waals surface area contributed by atoms with E-state index in [2.05, 4.69) is 53.6 Å². The minimum Gasteiger partial charge on any atom is -0.492 e. The third-order valence-corrected chi connectivity index (χ3v) is 4.53. The molecule has 0 aliphatic carbocycles. The first kappa shape index (κ1) is 20.5. The minimum absolute atomic E-state index is 0.614. The van der Waals surface area contributed by atoms with Gasteiger partial charge in [0.05, 0.1) is 6.54 Å². The van der Waals surface area contributed by atoms with Gasteiger partial charge in [-0.1, -0.05) is 12.1 Å². The molecule has 0 atom stereocenters. The maximum Gasteiger partial charge on any atom is 0.191 e. The number of ether oxygens (including phenoxy) is 2. The summed E-state index contributed by atoms with van der Waals surface area (Å²) in [4.78, 5) is 6.99. The van der Waals surface area contributed by atoms with Crippen molar-refractivity contribution in [3.63, 3.8) is 0 Å². The van der Waals surface area contributed by atoms with Gasteiger partial charge in [0.1, 0.15) is 12.4 Å². The lowest BCUT2D eigenvalue weighted by atomic mass is 10.1. The number of guanidine groups is 1. The monoisotopic (exact) mass is 362 g/mol. The molecule has 0 spiro atoms. The van der Waals surface area contributed by atoms with Crippen molar-refractivity contribution < 1.29 is 9.47 Å². The standard InChI is InChI=1S/C20H34N4O2/c1-4-21-20(22-5-2)23-16-17-7-6-8-19(15-17)26-14-11-24(3)18-9-12-25-13-10-18/h6-8,15,18H,4-5,9-14,16H2,1-3H3,(H2,21,22,23). The van der Waals surface area contributed by atoms with Gasteiger partial charge in [0.25, 0.3) is 0 Å². The van der Waals surface area contributed by atoms with Gasteiger partial charge in [-0.05, 0) is 51.4 Å². The molecule has 0 bridgehead atoms. The van der Waals surface area contributed by atoms with Crippen LogP contribution >= 0.6 is 0 Å². The smallest absolute Gasteiger partial charge is 0.191 e. The summed E-state index contributed by atoms with van der Waals surface area (Å²) in [5.74, 6) is 1.76. The number of benzene rings is 1. The Bertz CT molecular complexity index is 536. The van der Waals surface area contributed by atoms with Crippen LogP contribution in [0.3, 0.4) is 0 Å². The largest absolute Gasteiger partial charge is 0.492 e. The Labute approximate surface area is 158 Å². The zero-order valence-corrected chi connectivity index (χ0v) is 16.5. The van der Waals surface area contributed by atoms with Crippen LogP contribution in [-0.2, 0) is 11.3 Å². The van der Waals surface area contributed by atoms with Crippen molar-refractivity contribution in [1.82, 2.24) is 15.5 Å². The van der Waals surface area contributed by atoms with Crippen LogP contribution in [0, 0.1) is 0 Å². The Morgan fingerprint density at radius 2 is 1.96 bits per heavy atom. The quantitative estimate of drug-likeness (QED) is 0.521. The Balaban J connectivity index is 1.79. The predicted octanol–water partition coefficient (Wildman–Crippen LogP) is 2.25. The van der Waals surface area contributed by atoms with Crippen molar-refractivity contribution in [3.8, 4) is 5.75 Å². The number of likely N-dealkylation sites (N-methyl/N-ethyl adjacent to an activating group) is 1. The van der Waals surface area contributed by atoms with Gasteiger partial charge in [0, 0.05) is 38.9 Å². The maximum absolute atomic E-state index is 5.96. The molecule has 6 heteroatoms. The zero-order chi connectivity index (χ0) is 18.6. The van der Waals surface area contributed by atoms with Crippen LogP contribution in [0.1, 0.15) is 32.3 Å². The Hall–Kier alpha value is -1.79. The molecule has 0 aromatic heterocycles. The Morgan fingerprint density at radius 1 is 1.23 bits per heavy atom. The number of hydrogen-bond acceptors (Lipinski definition) is 4. The molecule has 0 radical (unpaired) electrons. The van der Waals surface area contributed by atoms with Gasteiger partial charge in [0.2, 0.25) is 0 Å². The third-order valence-electron chi connectivity index (χ3n) is 4.53. The first-order chi connectivity index (χ1) is 12.7. The molecule has 146 valence electrons. The fourth-order valence-corrected chi connectivity index (χ4v) is 3.03. The molecule has 1 aliphatic heterocycles. The van der Waals surface area contributed by atoms with Crippen LogP contribution in [0.15, 0.2) is 29.3 Å². The van der Waals surface area contributed by atoms with Gasteiger partial charge in [0.15, 0.2) is 5.96 Å². The van der Waals surface area contributed by atoms with E-state index in [1.54, 1.807) is 0 Å². The van der Waals surface area contributed by atoms with E-state index in [0.29, 0.717) is 19.2 Å². The SMILES string of the molecule is CCNC(=NCc1cccc(OCCN(C)C2CCOCC2)c1)NCC. The van der Waals surface area contributed by atoms with Crippen molar-refractivity contribution >= 4 is 5.96 Å². The molecule has 0 saturated carbocycles. The second-order valence-electron chi connectivity index (χ2n) is 6.55. The summed E-state index contributed by atoms with van der Waals surface area (Å²) in [7, 11) is 2.17. The number of rotatable bonds is 9. The summed E-state index contributed by atoms with van der Waals surface area (Å²) < 4.78 is 11.4. The van der Waals surface area contributed by atoms with Gasteiger partial charge in [-0.2, -0.15) is 0 Å². The highest BCUT2D eigenvalue weighted by Gasteiger charge is 2.17. The second kappa shape index (κ2) is 11.8. The summed E-state index contributed by atoms with van der Waals surface area (Å²) in [5.41, 5.74) is 1.15. The molecule has 1 aromatic carbocycles. The molecular formula is C20H34N4O2. The van der Waals surface area contributed by atoms with Crippen LogP contribution in [0.2, 0.25) is 0 Å². The summed E-state index contributed by atoms with van der Waals surface area (Å²) in [6.07, 6.45) is 2.23. The van der Waals surface area contributed by atoms with Crippen molar-refractivity contribution in [1.29, 1.82) is 0 Å². The Kier molecular flexibility index (Phi) is 9.28. The number of hydrogen-bond donors (Lipinski definition) is 2. The highest BCUT2D eigenvalue weighted by atomic mass is 16.5. The average Bonchev–Trinajstić information content (AvgIpc) is 2.67. The molecule has 6 nitrogen and oxygen atoms in total. The zero-order valence-electron chi connectivity index (χ0n) is 16.5. The van der Waals surface area contributed by atoms with E-state index < -0.39 is 0 Å². The van der Waals surface area contributed by atoms with Gasteiger partial charge < -0.3 is 20.1 Å². The highest BCUT2D eigenvalue weighted by molar-refractivity contribution is 5.79. The highest BCUT2D eigenvalue weighted by Crippen LogP contribution is 2.15. The van der Waals surface area contributed by atoms with E-state index in [-0.39, 0.29) is 0 Å². The van der Waals surface area contributed by atoms with Gasteiger partial charge in [-0.15, -0.1) is 0 Å². The van der Waals surface area contributed by atoms with Gasteiger partial charge >= 0.3 is 0 Å². The van der Waals surface area contributed by atoms with Crippen molar-refractivity contribution in [2.24, 2.45) is 4.99 Å². The van der Waals surface area contributed by atoms with Crippen LogP contribution in [0.25, 0.3) is 0 Å². The van der Waals surface area contributed by atoms with E-state index >= 15 is 0 Å². The van der Waals surface area contributed by atoms with Crippen LogP contribution in [-0.4, -0.2) is 63.4 Å². The molecule has 2 N–H and O–H groups in total. The molecule has 1 aliphatic rings. The lowest BCUT2D eigenvalue weighted by molar-refractivity contribution is 0.0392. The Morgan fingerprint density at radius 3 is 2.65 bits per heavy atom. The van der Waals surface area contributed by atoms with Crippen LogP contribution in [0.5, 0.6) is 5.75 Å². The van der Waals surface area contributed by atoms with E-state index in [9.17, 15) is 0 Å². The summed E-state index contributed by atoms with van der Waals surface area (Å²) >= 11 is 0. The lowest BCUT2D eigenvalue weighted by Gasteiger charge is -2.31. The second-order valence-corrected chi connectivity index (χ2v) is 6.55. The molecule has 1 saturated heterocycles. The van der Waals surface area contributed by atoms with E-state index in [1.807, 2.05) is 12.1 Å². The number of nitrogens with zero attached hydrogens (tertiary/aromatic N) is 2. The minimum atomic E-state index is 0.614. The lowest BCUT2D eigenvalue weighted by Crippen LogP contribution is -2.38.